The molecule has 2 aromatic rings. The van der Waals surface area contributed by atoms with Gasteiger partial charge in [0.15, 0.2) is 0 Å². The topological polar surface area (TPSA) is 75.7 Å². The highest BCUT2D eigenvalue weighted by molar-refractivity contribution is 5.57. The van der Waals surface area contributed by atoms with Crippen LogP contribution in [0.15, 0.2) is 18.5 Å². The zero-order valence-corrected chi connectivity index (χ0v) is 9.90. The fourth-order valence-electron chi connectivity index (χ4n) is 1.48. The highest BCUT2D eigenvalue weighted by Gasteiger charge is 2.05. The molecule has 0 unspecified atom stereocenters. The van der Waals surface area contributed by atoms with Gasteiger partial charge in [0, 0.05) is 19.7 Å². The Balaban J connectivity index is 2.10. The van der Waals surface area contributed by atoms with Crippen LogP contribution < -0.4 is 5.32 Å². The van der Waals surface area contributed by atoms with Gasteiger partial charge >= 0.3 is 0 Å². The molecule has 2 aromatic heterocycles. The van der Waals surface area contributed by atoms with Gasteiger partial charge in [0.25, 0.3) is 0 Å². The number of aromatic amines is 1. The lowest BCUT2D eigenvalue weighted by Crippen LogP contribution is -2.01. The van der Waals surface area contributed by atoms with Gasteiger partial charge in [-0.05, 0) is 13.0 Å². The first-order chi connectivity index (χ1) is 8.29. The van der Waals surface area contributed by atoms with Crippen molar-refractivity contribution in [2.45, 2.75) is 13.3 Å². The lowest BCUT2D eigenvalue weighted by molar-refractivity contribution is 0.201. The molecule has 0 aliphatic rings. The molecular formula is C11H15N5O. The third-order valence-corrected chi connectivity index (χ3v) is 2.31. The second-order valence-electron chi connectivity index (χ2n) is 3.62. The Kier molecular flexibility index (Phi) is 3.66. The van der Waals surface area contributed by atoms with Gasteiger partial charge in [-0.3, -0.25) is 5.10 Å². The molecule has 0 saturated heterocycles. The van der Waals surface area contributed by atoms with Gasteiger partial charge < -0.3 is 10.1 Å². The number of anilines is 2. The summed E-state index contributed by atoms with van der Waals surface area (Å²) in [5.74, 6) is 1.49. The maximum Gasteiger partial charge on any atom is 0.134 e. The fraction of sp³-hybridized carbons (Fsp3) is 0.364. The van der Waals surface area contributed by atoms with E-state index in [2.05, 4.69) is 25.5 Å². The van der Waals surface area contributed by atoms with Crippen molar-refractivity contribution in [3.05, 3.63) is 30.0 Å². The van der Waals surface area contributed by atoms with Gasteiger partial charge in [-0.1, -0.05) is 0 Å². The number of nitrogens with zero attached hydrogens (tertiary/aromatic N) is 3. The Morgan fingerprint density at radius 3 is 3.12 bits per heavy atom. The average Bonchev–Trinajstić information content (AvgIpc) is 2.74. The Hall–Kier alpha value is -1.95. The summed E-state index contributed by atoms with van der Waals surface area (Å²) in [4.78, 5) is 8.32. The third-order valence-electron chi connectivity index (χ3n) is 2.31. The molecule has 0 bridgehead atoms. The molecule has 0 saturated carbocycles. The van der Waals surface area contributed by atoms with Crippen LogP contribution >= 0.6 is 0 Å². The maximum absolute atomic E-state index is 5.04. The van der Waals surface area contributed by atoms with Gasteiger partial charge in [0.05, 0.1) is 24.2 Å². The van der Waals surface area contributed by atoms with Crippen LogP contribution in [0.4, 0.5) is 11.5 Å². The molecule has 0 fully saturated rings. The van der Waals surface area contributed by atoms with Crippen molar-refractivity contribution in [2.24, 2.45) is 0 Å². The van der Waals surface area contributed by atoms with Crippen LogP contribution in [0.1, 0.15) is 11.5 Å². The van der Waals surface area contributed by atoms with Crippen LogP contribution in [-0.2, 0) is 11.2 Å². The second kappa shape index (κ2) is 5.40. The van der Waals surface area contributed by atoms with Gasteiger partial charge in [-0.15, -0.1) is 0 Å². The first kappa shape index (κ1) is 11.5. The lowest BCUT2D eigenvalue weighted by atomic mass is 10.3. The van der Waals surface area contributed by atoms with Gasteiger partial charge in [0.1, 0.15) is 11.6 Å². The largest absolute Gasteiger partial charge is 0.384 e. The summed E-state index contributed by atoms with van der Waals surface area (Å²) < 4.78 is 5.04. The molecule has 0 amide bonds. The Morgan fingerprint density at radius 2 is 2.35 bits per heavy atom. The van der Waals surface area contributed by atoms with Crippen molar-refractivity contribution < 1.29 is 4.74 Å². The van der Waals surface area contributed by atoms with E-state index in [0.717, 1.165) is 29.4 Å². The minimum atomic E-state index is 0.652. The second-order valence-corrected chi connectivity index (χ2v) is 3.62. The van der Waals surface area contributed by atoms with Gasteiger partial charge in [-0.25, -0.2) is 9.97 Å². The van der Waals surface area contributed by atoms with E-state index in [9.17, 15) is 0 Å². The molecule has 17 heavy (non-hydrogen) atoms. The molecule has 6 heteroatoms. The molecule has 0 aliphatic carbocycles. The number of ether oxygens (including phenoxy) is 1. The number of methoxy groups -OCH3 is 1. The smallest absolute Gasteiger partial charge is 0.134 e. The number of H-pyrrole nitrogens is 1. The van der Waals surface area contributed by atoms with Crippen molar-refractivity contribution in [3.63, 3.8) is 0 Å². The van der Waals surface area contributed by atoms with Crippen LogP contribution in [0.5, 0.6) is 0 Å². The van der Waals surface area contributed by atoms with Crippen LogP contribution in [0, 0.1) is 6.92 Å². The zero-order chi connectivity index (χ0) is 12.1. The van der Waals surface area contributed by atoms with E-state index in [1.165, 1.54) is 0 Å². The predicted octanol–water partition coefficient (Wildman–Crippen LogP) is 1.44. The first-order valence-electron chi connectivity index (χ1n) is 5.37. The van der Waals surface area contributed by atoms with Crippen molar-refractivity contribution in [1.82, 2.24) is 20.2 Å². The van der Waals surface area contributed by atoms with E-state index in [4.69, 9.17) is 4.74 Å². The fourth-order valence-corrected chi connectivity index (χ4v) is 1.48. The molecule has 0 aliphatic heterocycles. The number of aryl methyl sites for hydroxylation is 1. The number of aromatic nitrogens is 4. The summed E-state index contributed by atoms with van der Waals surface area (Å²) in [7, 11) is 1.68. The minimum Gasteiger partial charge on any atom is -0.384 e. The average molecular weight is 233 g/mol. The summed E-state index contributed by atoms with van der Waals surface area (Å²) in [5.41, 5.74) is 1.92. The summed E-state index contributed by atoms with van der Waals surface area (Å²) in [6.45, 7) is 2.51. The van der Waals surface area contributed by atoms with Crippen molar-refractivity contribution >= 4 is 11.5 Å². The molecule has 2 rings (SSSR count). The lowest BCUT2D eigenvalue weighted by Gasteiger charge is -2.05. The quantitative estimate of drug-likeness (QED) is 0.817. The molecular weight excluding hydrogens is 218 g/mol. The molecule has 2 heterocycles. The first-order valence-corrected chi connectivity index (χ1v) is 5.37. The van der Waals surface area contributed by atoms with Gasteiger partial charge in [-0.2, -0.15) is 5.10 Å². The summed E-state index contributed by atoms with van der Waals surface area (Å²) in [5, 5.41) is 10.1. The Bertz CT molecular complexity index is 482. The number of rotatable bonds is 5. The molecule has 0 aromatic carbocycles. The highest BCUT2D eigenvalue weighted by Crippen LogP contribution is 2.17. The Labute approximate surface area is 99.4 Å². The highest BCUT2D eigenvalue weighted by atomic mass is 16.5. The summed E-state index contributed by atoms with van der Waals surface area (Å²) >= 11 is 0. The summed E-state index contributed by atoms with van der Waals surface area (Å²) in [6.07, 6.45) is 4.24. The van der Waals surface area contributed by atoms with Crippen LogP contribution in [0.2, 0.25) is 0 Å². The third kappa shape index (κ3) is 3.01. The molecule has 2 N–H and O–H groups in total. The zero-order valence-electron chi connectivity index (χ0n) is 9.90. The van der Waals surface area contributed by atoms with Crippen molar-refractivity contribution in [1.29, 1.82) is 0 Å². The predicted molar refractivity (Wildman–Crippen MR) is 64.2 cm³/mol. The van der Waals surface area contributed by atoms with Crippen LogP contribution in [0.3, 0.4) is 0 Å². The standard InChI is InChI=1S/C11H15N5O/c1-8-12-5-3-11(14-8)15-10-7-13-16-9(10)4-6-17-2/h3,5,7H,4,6H2,1-2H3,(H,13,16)(H,12,14,15). The SMILES string of the molecule is COCCc1[nH]ncc1Nc1ccnc(C)n1. The number of hydrogen-bond donors (Lipinski definition) is 2. The van der Waals surface area contributed by atoms with E-state index >= 15 is 0 Å². The summed E-state index contributed by atoms with van der Waals surface area (Å²) in [6, 6.07) is 1.82. The normalized spacial score (nSPS) is 10.5. The molecule has 90 valence electrons. The molecule has 0 spiro atoms. The van der Waals surface area contributed by atoms with E-state index in [0.29, 0.717) is 6.61 Å². The van der Waals surface area contributed by atoms with E-state index in [1.807, 2.05) is 13.0 Å². The maximum atomic E-state index is 5.04. The van der Waals surface area contributed by atoms with Gasteiger partial charge in [0.2, 0.25) is 0 Å². The van der Waals surface area contributed by atoms with E-state index in [-0.39, 0.29) is 0 Å². The number of hydrogen-bond acceptors (Lipinski definition) is 5. The van der Waals surface area contributed by atoms with Crippen LogP contribution in [-0.4, -0.2) is 33.9 Å². The monoisotopic (exact) mass is 233 g/mol. The van der Waals surface area contributed by atoms with Crippen molar-refractivity contribution in [3.8, 4) is 0 Å². The minimum absolute atomic E-state index is 0.652. The van der Waals surface area contributed by atoms with Crippen LogP contribution in [0.25, 0.3) is 0 Å². The molecule has 0 radical (unpaired) electrons. The molecule has 6 nitrogen and oxygen atoms in total. The number of nitrogens with one attached hydrogen (secondary N) is 2. The van der Waals surface area contributed by atoms with E-state index in [1.54, 1.807) is 19.5 Å². The Morgan fingerprint density at radius 1 is 1.47 bits per heavy atom. The van der Waals surface area contributed by atoms with E-state index < -0.39 is 0 Å². The molecule has 0 atom stereocenters. The van der Waals surface area contributed by atoms with Crippen molar-refractivity contribution in [2.75, 3.05) is 19.0 Å².